The van der Waals surface area contributed by atoms with Crippen molar-refractivity contribution in [3.63, 3.8) is 0 Å². The first-order chi connectivity index (χ1) is 8.61. The normalized spacial score (nSPS) is 19.7. The van der Waals surface area contributed by atoms with Gasteiger partial charge in [-0.2, -0.15) is 11.8 Å². The fraction of sp³-hybridized carbons (Fsp3) is 0.462. The second-order valence-electron chi connectivity index (χ2n) is 4.63. The van der Waals surface area contributed by atoms with E-state index in [1.54, 1.807) is 0 Å². The number of anilines is 1. The van der Waals surface area contributed by atoms with Crippen LogP contribution in [0.3, 0.4) is 0 Å². The first-order valence-corrected chi connectivity index (χ1v) is 7.15. The van der Waals surface area contributed by atoms with Crippen molar-refractivity contribution in [2.75, 3.05) is 24.3 Å². The Morgan fingerprint density at radius 2 is 2.33 bits per heavy atom. The Balaban J connectivity index is 2.24. The minimum atomic E-state index is 0.0683. The number of amides is 1. The summed E-state index contributed by atoms with van der Waals surface area (Å²) in [7, 11) is 0. The number of carbonyl (C=O) groups is 1. The van der Waals surface area contributed by atoms with Crippen LogP contribution in [-0.2, 0) is 0 Å². The van der Waals surface area contributed by atoms with E-state index in [1.807, 2.05) is 41.8 Å². The highest BCUT2D eigenvalue weighted by molar-refractivity contribution is 7.99. The van der Waals surface area contributed by atoms with E-state index >= 15 is 0 Å². The van der Waals surface area contributed by atoms with Crippen molar-refractivity contribution < 1.29 is 4.79 Å². The van der Waals surface area contributed by atoms with Crippen LogP contribution in [0.15, 0.2) is 18.2 Å². The predicted octanol–water partition coefficient (Wildman–Crippen LogP) is 1.86. The SMILES string of the molecule is Cc1ccc(NN)c(C(=O)N2CCSC(C)C2)c1. The summed E-state index contributed by atoms with van der Waals surface area (Å²) in [5.41, 5.74) is 5.02. The summed E-state index contributed by atoms with van der Waals surface area (Å²) in [6, 6.07) is 5.69. The monoisotopic (exact) mass is 265 g/mol. The maximum atomic E-state index is 12.5. The average Bonchev–Trinajstić information content (AvgIpc) is 2.38. The molecule has 1 atom stereocenters. The summed E-state index contributed by atoms with van der Waals surface area (Å²) in [4.78, 5) is 14.4. The van der Waals surface area contributed by atoms with E-state index in [-0.39, 0.29) is 5.91 Å². The Morgan fingerprint density at radius 1 is 1.56 bits per heavy atom. The van der Waals surface area contributed by atoms with E-state index in [9.17, 15) is 4.79 Å². The zero-order chi connectivity index (χ0) is 13.1. The minimum absolute atomic E-state index is 0.0683. The maximum absolute atomic E-state index is 12.5. The van der Waals surface area contributed by atoms with Crippen molar-refractivity contribution >= 4 is 23.4 Å². The Bertz CT molecular complexity index is 450. The largest absolute Gasteiger partial charge is 0.337 e. The van der Waals surface area contributed by atoms with Gasteiger partial charge in [-0.25, -0.2) is 0 Å². The molecule has 1 fully saturated rings. The molecule has 1 aromatic rings. The number of benzene rings is 1. The summed E-state index contributed by atoms with van der Waals surface area (Å²) < 4.78 is 0. The van der Waals surface area contributed by atoms with Crippen LogP contribution in [0.5, 0.6) is 0 Å². The molecule has 1 saturated heterocycles. The highest BCUT2D eigenvalue weighted by atomic mass is 32.2. The maximum Gasteiger partial charge on any atom is 0.256 e. The summed E-state index contributed by atoms with van der Waals surface area (Å²) in [5, 5.41) is 0.502. The van der Waals surface area contributed by atoms with Gasteiger partial charge in [0.15, 0.2) is 0 Å². The number of thioether (sulfide) groups is 1. The summed E-state index contributed by atoms with van der Waals surface area (Å²) in [5.74, 6) is 6.54. The lowest BCUT2D eigenvalue weighted by molar-refractivity contribution is 0.0764. The van der Waals surface area contributed by atoms with Gasteiger partial charge in [0.1, 0.15) is 0 Å². The second kappa shape index (κ2) is 5.63. The molecular weight excluding hydrogens is 246 g/mol. The number of hydrazine groups is 1. The van der Waals surface area contributed by atoms with Crippen molar-refractivity contribution in [2.24, 2.45) is 5.84 Å². The minimum Gasteiger partial charge on any atom is -0.337 e. The van der Waals surface area contributed by atoms with E-state index in [0.717, 1.165) is 24.4 Å². The Hall–Kier alpha value is -1.20. The number of aryl methyl sites for hydroxylation is 1. The molecule has 4 nitrogen and oxygen atoms in total. The summed E-state index contributed by atoms with van der Waals surface area (Å²) in [6.07, 6.45) is 0. The van der Waals surface area contributed by atoms with Crippen molar-refractivity contribution in [3.8, 4) is 0 Å². The van der Waals surface area contributed by atoms with Gasteiger partial charge in [0, 0.05) is 24.1 Å². The number of carbonyl (C=O) groups excluding carboxylic acids is 1. The third kappa shape index (κ3) is 2.79. The average molecular weight is 265 g/mol. The molecule has 3 N–H and O–H groups in total. The molecule has 1 amide bonds. The Morgan fingerprint density at radius 3 is 3.00 bits per heavy atom. The van der Waals surface area contributed by atoms with Crippen molar-refractivity contribution in [3.05, 3.63) is 29.3 Å². The van der Waals surface area contributed by atoms with Gasteiger partial charge in [-0.3, -0.25) is 10.6 Å². The third-order valence-corrected chi connectivity index (χ3v) is 4.23. The van der Waals surface area contributed by atoms with Gasteiger partial charge in [0.25, 0.3) is 5.91 Å². The fourth-order valence-electron chi connectivity index (χ4n) is 2.13. The van der Waals surface area contributed by atoms with Crippen LogP contribution in [0.4, 0.5) is 5.69 Å². The predicted molar refractivity (Wildman–Crippen MR) is 76.8 cm³/mol. The van der Waals surface area contributed by atoms with Crippen LogP contribution in [0, 0.1) is 6.92 Å². The molecule has 1 aliphatic rings. The number of nitrogens with one attached hydrogen (secondary N) is 1. The van der Waals surface area contributed by atoms with Crippen molar-refractivity contribution in [2.45, 2.75) is 19.1 Å². The molecule has 0 aromatic heterocycles. The fourth-order valence-corrected chi connectivity index (χ4v) is 3.15. The number of nitrogens with zero attached hydrogens (tertiary/aromatic N) is 1. The highest BCUT2D eigenvalue weighted by Gasteiger charge is 2.24. The molecule has 1 heterocycles. The van der Waals surface area contributed by atoms with Gasteiger partial charge in [0.05, 0.1) is 11.3 Å². The van der Waals surface area contributed by atoms with Crippen LogP contribution in [0.2, 0.25) is 0 Å². The zero-order valence-electron chi connectivity index (χ0n) is 10.8. The summed E-state index contributed by atoms with van der Waals surface area (Å²) in [6.45, 7) is 5.75. The number of hydrogen-bond acceptors (Lipinski definition) is 4. The Kier molecular flexibility index (Phi) is 4.14. The molecule has 0 spiro atoms. The standard InChI is InChI=1S/C13H19N3OS/c1-9-3-4-12(15-14)11(7-9)13(17)16-5-6-18-10(2)8-16/h3-4,7,10,15H,5-6,8,14H2,1-2H3. The molecule has 1 unspecified atom stereocenters. The van der Waals surface area contributed by atoms with E-state index in [4.69, 9.17) is 5.84 Å². The van der Waals surface area contributed by atoms with Gasteiger partial charge in [0.2, 0.25) is 0 Å². The van der Waals surface area contributed by atoms with E-state index in [0.29, 0.717) is 16.5 Å². The molecule has 1 aromatic carbocycles. The number of nitrogen functional groups attached to an aromatic ring is 1. The first kappa shape index (κ1) is 13.2. The smallest absolute Gasteiger partial charge is 0.256 e. The molecule has 0 saturated carbocycles. The molecule has 1 aliphatic heterocycles. The van der Waals surface area contributed by atoms with Gasteiger partial charge >= 0.3 is 0 Å². The van der Waals surface area contributed by atoms with Crippen LogP contribution in [-0.4, -0.2) is 34.9 Å². The lowest BCUT2D eigenvalue weighted by Gasteiger charge is -2.31. The van der Waals surface area contributed by atoms with Crippen molar-refractivity contribution in [1.29, 1.82) is 0 Å². The van der Waals surface area contributed by atoms with E-state index in [2.05, 4.69) is 12.3 Å². The van der Waals surface area contributed by atoms with Gasteiger partial charge < -0.3 is 10.3 Å². The second-order valence-corrected chi connectivity index (χ2v) is 6.17. The van der Waals surface area contributed by atoms with Crippen LogP contribution in [0.1, 0.15) is 22.8 Å². The van der Waals surface area contributed by atoms with Crippen LogP contribution >= 0.6 is 11.8 Å². The number of rotatable bonds is 2. The topological polar surface area (TPSA) is 58.4 Å². The molecule has 0 bridgehead atoms. The molecule has 18 heavy (non-hydrogen) atoms. The molecular formula is C13H19N3OS. The van der Waals surface area contributed by atoms with Crippen molar-refractivity contribution in [1.82, 2.24) is 4.90 Å². The van der Waals surface area contributed by atoms with Gasteiger partial charge in [-0.05, 0) is 19.1 Å². The lowest BCUT2D eigenvalue weighted by atomic mass is 10.1. The molecule has 0 aliphatic carbocycles. The molecule has 2 rings (SSSR count). The summed E-state index contributed by atoms with van der Waals surface area (Å²) >= 11 is 1.91. The van der Waals surface area contributed by atoms with Gasteiger partial charge in [-0.15, -0.1) is 0 Å². The van der Waals surface area contributed by atoms with E-state index in [1.165, 1.54) is 0 Å². The quantitative estimate of drug-likeness (QED) is 0.633. The number of hydrogen-bond donors (Lipinski definition) is 2. The van der Waals surface area contributed by atoms with E-state index < -0.39 is 0 Å². The number of nitrogens with two attached hydrogens (primary N) is 1. The zero-order valence-corrected chi connectivity index (χ0v) is 11.6. The first-order valence-electron chi connectivity index (χ1n) is 6.10. The van der Waals surface area contributed by atoms with Gasteiger partial charge in [-0.1, -0.05) is 18.6 Å². The highest BCUT2D eigenvalue weighted by Crippen LogP contribution is 2.23. The lowest BCUT2D eigenvalue weighted by Crippen LogP contribution is -2.41. The molecule has 98 valence electrons. The Labute approximate surface area is 112 Å². The van der Waals surface area contributed by atoms with Crippen LogP contribution < -0.4 is 11.3 Å². The molecule has 5 heteroatoms. The van der Waals surface area contributed by atoms with Crippen LogP contribution in [0.25, 0.3) is 0 Å². The third-order valence-electron chi connectivity index (χ3n) is 3.09. The molecule has 0 radical (unpaired) electrons.